The minimum absolute atomic E-state index is 0.584. The van der Waals surface area contributed by atoms with E-state index in [9.17, 15) is 0 Å². The van der Waals surface area contributed by atoms with Crippen LogP contribution >= 0.6 is 23.2 Å². The molecule has 5 rings (SSSR count). The summed E-state index contributed by atoms with van der Waals surface area (Å²) in [6.45, 7) is 0. The molecule has 0 atom stereocenters. The number of halogens is 2. The topological polar surface area (TPSA) is 30.2 Å². The summed E-state index contributed by atoms with van der Waals surface area (Å²) >= 11 is 12.7. The molecule has 0 N–H and O–H groups in total. The number of nitrogens with zero attached hydrogens (tertiary/aromatic N) is 3. The van der Waals surface area contributed by atoms with Gasteiger partial charge in [0.2, 0.25) is 0 Å². The van der Waals surface area contributed by atoms with Crippen LogP contribution < -0.4 is 5.35 Å². The van der Waals surface area contributed by atoms with Crippen molar-refractivity contribution < 1.29 is 0 Å². The molecule has 2 heterocycles. The molecule has 0 radical (unpaired) electrons. The van der Waals surface area contributed by atoms with Gasteiger partial charge in [-0.2, -0.15) is 0 Å². The fourth-order valence-corrected chi connectivity index (χ4v) is 3.80. The van der Waals surface area contributed by atoms with Crippen LogP contribution in [0.2, 0.25) is 10.0 Å². The number of imidazole rings is 2. The maximum Gasteiger partial charge on any atom is 0.165 e. The minimum Gasteiger partial charge on any atom is -0.274 e. The van der Waals surface area contributed by atoms with Crippen LogP contribution in [0, 0.1) is 0 Å². The molecule has 0 saturated heterocycles. The van der Waals surface area contributed by atoms with Gasteiger partial charge in [0.1, 0.15) is 11.2 Å². The van der Waals surface area contributed by atoms with Gasteiger partial charge in [-0.25, -0.2) is 9.97 Å². The molecule has 3 nitrogen and oxygen atoms in total. The van der Waals surface area contributed by atoms with E-state index in [2.05, 4.69) is 10.5 Å². The van der Waals surface area contributed by atoms with E-state index in [4.69, 9.17) is 33.2 Å². The van der Waals surface area contributed by atoms with Crippen LogP contribution in [0.5, 0.6) is 0 Å². The number of rotatable bonds is 2. The Morgan fingerprint density at radius 1 is 0.741 bits per heavy atom. The van der Waals surface area contributed by atoms with E-state index < -0.39 is 0 Å². The first-order valence-electron chi connectivity index (χ1n) is 8.50. The van der Waals surface area contributed by atoms with Gasteiger partial charge in [-0.3, -0.25) is 4.40 Å². The van der Waals surface area contributed by atoms with Crippen molar-refractivity contribution >= 4 is 46.0 Å². The minimum atomic E-state index is 0.584. The third-order valence-corrected chi connectivity index (χ3v) is 5.20. The Morgan fingerprint density at radius 3 is 2.22 bits per heavy atom. The predicted molar refractivity (Wildman–Crippen MR) is 111 cm³/mol. The molecule has 0 amide bonds. The highest BCUT2D eigenvalue weighted by molar-refractivity contribution is 6.37. The zero-order valence-electron chi connectivity index (χ0n) is 14.1. The van der Waals surface area contributed by atoms with E-state index in [0.29, 0.717) is 10.0 Å². The van der Waals surface area contributed by atoms with Crippen LogP contribution in [-0.2, 0) is 0 Å². The van der Waals surface area contributed by atoms with Crippen molar-refractivity contribution in [1.82, 2.24) is 14.4 Å². The molecule has 130 valence electrons. The molecule has 0 aliphatic heterocycles. The summed E-state index contributed by atoms with van der Waals surface area (Å²) in [7, 11) is 0. The highest BCUT2D eigenvalue weighted by Crippen LogP contribution is 2.26. The van der Waals surface area contributed by atoms with Crippen molar-refractivity contribution in [3.8, 4) is 11.4 Å². The summed E-state index contributed by atoms with van der Waals surface area (Å²) in [5.41, 5.74) is 4.49. The number of benzene rings is 3. The van der Waals surface area contributed by atoms with E-state index in [1.807, 2.05) is 72.8 Å². The Bertz CT molecular complexity index is 1320. The van der Waals surface area contributed by atoms with Gasteiger partial charge < -0.3 is 0 Å². The first-order chi connectivity index (χ1) is 13.2. The first kappa shape index (κ1) is 16.3. The van der Waals surface area contributed by atoms with Crippen molar-refractivity contribution in [3.05, 3.63) is 93.8 Å². The lowest BCUT2D eigenvalue weighted by Gasteiger charge is -1.99. The van der Waals surface area contributed by atoms with Gasteiger partial charge in [0.05, 0.1) is 11.0 Å². The Labute approximate surface area is 165 Å². The van der Waals surface area contributed by atoms with Crippen LogP contribution in [0.4, 0.5) is 0 Å². The molecule has 0 saturated carbocycles. The number of hydrogen-bond donors (Lipinski definition) is 0. The first-order valence-corrected chi connectivity index (χ1v) is 9.26. The summed E-state index contributed by atoms with van der Waals surface area (Å²) < 4.78 is 2.08. The molecule has 5 aromatic rings. The lowest BCUT2D eigenvalue weighted by molar-refractivity contribution is 1.22. The van der Waals surface area contributed by atoms with E-state index in [1.54, 1.807) is 0 Å². The Kier molecular flexibility index (Phi) is 3.85. The summed E-state index contributed by atoms with van der Waals surface area (Å²) in [6, 6.07) is 23.6. The molecule has 0 bridgehead atoms. The Hall–Kier alpha value is -2.88. The van der Waals surface area contributed by atoms with Gasteiger partial charge in [-0.15, -0.1) is 0 Å². The quantitative estimate of drug-likeness (QED) is 0.404. The molecule has 0 unspecified atom stereocenters. The summed E-state index contributed by atoms with van der Waals surface area (Å²) in [5, 5.41) is 1.90. The smallest absolute Gasteiger partial charge is 0.165 e. The second-order valence-corrected chi connectivity index (χ2v) is 7.04. The Balaban J connectivity index is 1.91. The molecule has 5 heteroatoms. The molecule has 2 aromatic heterocycles. The van der Waals surface area contributed by atoms with Gasteiger partial charge >= 0.3 is 0 Å². The van der Waals surface area contributed by atoms with E-state index in [1.165, 1.54) is 0 Å². The predicted octanol–water partition coefficient (Wildman–Crippen LogP) is 5.40. The lowest BCUT2D eigenvalue weighted by atomic mass is 10.2. The highest BCUT2D eigenvalue weighted by atomic mass is 35.5. The molecule has 27 heavy (non-hydrogen) atoms. The van der Waals surface area contributed by atoms with Gasteiger partial charge in [0, 0.05) is 21.2 Å². The van der Waals surface area contributed by atoms with Gasteiger partial charge in [-0.05, 0) is 30.3 Å². The van der Waals surface area contributed by atoms with E-state index >= 15 is 0 Å². The van der Waals surface area contributed by atoms with Crippen LogP contribution in [0.3, 0.4) is 0 Å². The average Bonchev–Trinajstić information content (AvgIpc) is 3.23. The maximum absolute atomic E-state index is 6.36. The standard InChI is InChI=1S/C22H13Cl2N3/c23-16-9-6-10-17(24)15(16)13-19-22-25-18-11-4-5-12-20(18)27(22)21(26-19)14-7-2-1-3-8-14/h1-13H/b19-13-. The summed E-state index contributed by atoms with van der Waals surface area (Å²) in [6.07, 6.45) is 1.90. The molecule has 0 aliphatic rings. The van der Waals surface area contributed by atoms with Crippen molar-refractivity contribution in [1.29, 1.82) is 0 Å². The second kappa shape index (κ2) is 6.38. The average molecular weight is 390 g/mol. The van der Waals surface area contributed by atoms with Crippen LogP contribution in [0.25, 0.3) is 34.1 Å². The largest absolute Gasteiger partial charge is 0.274 e. The Morgan fingerprint density at radius 2 is 1.44 bits per heavy atom. The number of aromatic nitrogens is 3. The fraction of sp³-hybridized carbons (Fsp3) is 0. The zero-order chi connectivity index (χ0) is 18.4. The third-order valence-electron chi connectivity index (χ3n) is 4.54. The van der Waals surface area contributed by atoms with Gasteiger partial charge in [0.15, 0.2) is 5.65 Å². The van der Waals surface area contributed by atoms with Gasteiger partial charge in [-0.1, -0.05) is 71.7 Å². The zero-order valence-corrected chi connectivity index (χ0v) is 15.6. The van der Waals surface area contributed by atoms with Crippen LogP contribution in [0.1, 0.15) is 5.56 Å². The van der Waals surface area contributed by atoms with E-state index in [-0.39, 0.29) is 0 Å². The SMILES string of the molecule is Clc1cccc(Cl)c1/C=c1\nc(-c2ccccc2)n2c1nc1ccccc12. The molecule has 0 spiro atoms. The normalized spacial score (nSPS) is 12.3. The summed E-state index contributed by atoms with van der Waals surface area (Å²) in [4.78, 5) is 9.67. The number of hydrogen-bond acceptors (Lipinski definition) is 2. The van der Waals surface area contributed by atoms with Gasteiger partial charge in [0.25, 0.3) is 0 Å². The van der Waals surface area contributed by atoms with Crippen molar-refractivity contribution in [2.24, 2.45) is 0 Å². The third kappa shape index (κ3) is 2.67. The molecule has 0 aliphatic carbocycles. The van der Waals surface area contributed by atoms with Crippen molar-refractivity contribution in [2.75, 3.05) is 0 Å². The summed E-state index contributed by atoms with van der Waals surface area (Å²) in [5.74, 6) is 0.841. The van der Waals surface area contributed by atoms with Crippen LogP contribution in [0.15, 0.2) is 72.8 Å². The molecular weight excluding hydrogens is 377 g/mol. The number of fused-ring (bicyclic) bond motifs is 3. The fourth-order valence-electron chi connectivity index (χ4n) is 3.29. The highest BCUT2D eigenvalue weighted by Gasteiger charge is 2.15. The molecule has 3 aromatic carbocycles. The van der Waals surface area contributed by atoms with E-state index in [0.717, 1.165) is 39.0 Å². The van der Waals surface area contributed by atoms with Crippen LogP contribution in [-0.4, -0.2) is 14.4 Å². The number of para-hydroxylation sites is 2. The molecule has 0 fully saturated rings. The molecular formula is C22H13Cl2N3. The monoisotopic (exact) mass is 389 g/mol. The lowest BCUT2D eigenvalue weighted by Crippen LogP contribution is -2.03. The van der Waals surface area contributed by atoms with Crippen molar-refractivity contribution in [2.45, 2.75) is 0 Å². The van der Waals surface area contributed by atoms with Crippen molar-refractivity contribution in [3.63, 3.8) is 0 Å². The maximum atomic E-state index is 6.36. The second-order valence-electron chi connectivity index (χ2n) is 6.23.